The molecule has 2 aromatic carbocycles. The SMILES string of the molecule is C[C@]12Cc3cnn(-c4ccc(F)cc4)c3C=C1CC[C@@H]2C(=O)N(CCO)Cc1ccc(F)c(F)c1F. The van der Waals surface area contributed by atoms with E-state index >= 15 is 0 Å². The third-order valence-corrected chi connectivity index (χ3v) is 7.49. The molecule has 1 aromatic heterocycles. The lowest BCUT2D eigenvalue weighted by Crippen LogP contribution is -2.43. The molecule has 0 aliphatic heterocycles. The zero-order valence-electron chi connectivity index (χ0n) is 19.6. The maximum Gasteiger partial charge on any atom is 0.226 e. The molecule has 1 heterocycles. The van der Waals surface area contributed by atoms with E-state index in [9.17, 15) is 27.5 Å². The van der Waals surface area contributed by atoms with Crippen LogP contribution in [0.25, 0.3) is 11.8 Å². The molecule has 188 valence electrons. The van der Waals surface area contributed by atoms with Gasteiger partial charge >= 0.3 is 0 Å². The van der Waals surface area contributed by atoms with Gasteiger partial charge in [-0.2, -0.15) is 5.10 Å². The average Bonchev–Trinajstić information content (AvgIpc) is 3.41. The average molecular weight is 500 g/mol. The topological polar surface area (TPSA) is 58.4 Å². The highest BCUT2D eigenvalue weighted by Crippen LogP contribution is 2.53. The number of aromatic nitrogens is 2. The molecule has 1 amide bonds. The lowest BCUT2D eigenvalue weighted by Gasteiger charge is -2.37. The number of aliphatic hydroxyl groups is 1. The molecular formula is C27H25F4N3O2. The predicted molar refractivity (Wildman–Crippen MR) is 125 cm³/mol. The van der Waals surface area contributed by atoms with E-state index in [1.807, 2.05) is 13.0 Å². The van der Waals surface area contributed by atoms with Crippen LogP contribution in [0.2, 0.25) is 0 Å². The fourth-order valence-corrected chi connectivity index (χ4v) is 5.53. The van der Waals surface area contributed by atoms with Crippen LogP contribution in [0, 0.1) is 34.6 Å². The summed E-state index contributed by atoms with van der Waals surface area (Å²) in [5, 5.41) is 14.0. The van der Waals surface area contributed by atoms with Gasteiger partial charge in [-0.15, -0.1) is 0 Å². The molecule has 5 rings (SSSR count). The van der Waals surface area contributed by atoms with Crippen molar-refractivity contribution >= 4 is 12.0 Å². The van der Waals surface area contributed by atoms with Crippen molar-refractivity contribution in [2.75, 3.05) is 13.2 Å². The van der Waals surface area contributed by atoms with Gasteiger partial charge in [0.1, 0.15) is 5.82 Å². The largest absolute Gasteiger partial charge is 0.395 e. The smallest absolute Gasteiger partial charge is 0.226 e. The number of amides is 1. The second-order valence-corrected chi connectivity index (χ2v) is 9.62. The number of benzene rings is 2. The molecule has 1 saturated carbocycles. The first kappa shape index (κ1) is 24.2. The first-order valence-corrected chi connectivity index (χ1v) is 11.8. The molecule has 0 spiro atoms. The molecule has 36 heavy (non-hydrogen) atoms. The Morgan fingerprint density at radius 2 is 1.89 bits per heavy atom. The number of carbonyl (C=O) groups is 1. The van der Waals surface area contributed by atoms with Crippen molar-refractivity contribution in [1.29, 1.82) is 0 Å². The third-order valence-electron chi connectivity index (χ3n) is 7.49. The van der Waals surface area contributed by atoms with E-state index < -0.39 is 28.8 Å². The maximum absolute atomic E-state index is 14.3. The first-order valence-electron chi connectivity index (χ1n) is 11.8. The maximum atomic E-state index is 14.3. The predicted octanol–water partition coefficient (Wildman–Crippen LogP) is 4.81. The number of hydrogen-bond acceptors (Lipinski definition) is 3. The quantitative estimate of drug-likeness (QED) is 0.392. The van der Waals surface area contributed by atoms with Crippen molar-refractivity contribution < 1.29 is 27.5 Å². The second-order valence-electron chi connectivity index (χ2n) is 9.62. The van der Waals surface area contributed by atoms with Crippen LogP contribution in [0.5, 0.6) is 0 Å². The van der Waals surface area contributed by atoms with Crippen molar-refractivity contribution in [2.24, 2.45) is 11.3 Å². The van der Waals surface area contributed by atoms with Gasteiger partial charge in [0.25, 0.3) is 0 Å². The number of hydrogen-bond donors (Lipinski definition) is 1. The zero-order valence-corrected chi connectivity index (χ0v) is 19.6. The fraction of sp³-hybridized carbons (Fsp3) is 0.333. The Bertz CT molecular complexity index is 1350. The van der Waals surface area contributed by atoms with Gasteiger partial charge in [0.2, 0.25) is 5.91 Å². The summed E-state index contributed by atoms with van der Waals surface area (Å²) in [6.07, 6.45) is 5.58. The van der Waals surface area contributed by atoms with E-state index in [-0.39, 0.29) is 37.0 Å². The molecule has 2 aliphatic carbocycles. The monoisotopic (exact) mass is 499 g/mol. The molecule has 0 unspecified atom stereocenters. The first-order chi connectivity index (χ1) is 17.2. The minimum atomic E-state index is -1.58. The van der Waals surface area contributed by atoms with Gasteiger partial charge in [-0.3, -0.25) is 4.79 Å². The van der Waals surface area contributed by atoms with E-state index in [4.69, 9.17) is 0 Å². The van der Waals surface area contributed by atoms with Gasteiger partial charge in [-0.25, -0.2) is 22.2 Å². The Morgan fingerprint density at radius 3 is 2.61 bits per heavy atom. The van der Waals surface area contributed by atoms with Crippen LogP contribution < -0.4 is 0 Å². The van der Waals surface area contributed by atoms with E-state index in [2.05, 4.69) is 5.10 Å². The molecule has 0 saturated heterocycles. The number of nitrogens with zero attached hydrogens (tertiary/aromatic N) is 3. The molecule has 2 aliphatic rings. The Labute approximate surface area is 205 Å². The highest BCUT2D eigenvalue weighted by atomic mass is 19.2. The molecule has 0 radical (unpaired) electrons. The Kier molecular flexibility index (Phi) is 6.20. The minimum absolute atomic E-state index is 0.0589. The highest BCUT2D eigenvalue weighted by Gasteiger charge is 2.49. The summed E-state index contributed by atoms with van der Waals surface area (Å²) in [6.45, 7) is 1.33. The van der Waals surface area contributed by atoms with Gasteiger partial charge < -0.3 is 10.0 Å². The molecule has 3 aromatic rings. The van der Waals surface area contributed by atoms with E-state index in [0.29, 0.717) is 19.3 Å². The van der Waals surface area contributed by atoms with Crippen molar-refractivity contribution in [3.63, 3.8) is 0 Å². The summed E-state index contributed by atoms with van der Waals surface area (Å²) < 4.78 is 56.6. The molecule has 0 bridgehead atoms. The number of fused-ring (bicyclic) bond motifs is 2. The lowest BCUT2D eigenvalue weighted by atomic mass is 9.69. The normalized spacial score (nSPS) is 20.6. The number of halogens is 4. The number of rotatable bonds is 6. The Hall–Kier alpha value is -3.46. The van der Waals surface area contributed by atoms with E-state index in [1.165, 1.54) is 17.0 Å². The number of allylic oxidation sites excluding steroid dienone is 1. The molecule has 1 N–H and O–H groups in total. The van der Waals surface area contributed by atoms with Crippen molar-refractivity contribution in [3.05, 3.63) is 88.3 Å². The van der Waals surface area contributed by atoms with Crippen LogP contribution >= 0.6 is 0 Å². The highest BCUT2D eigenvalue weighted by molar-refractivity contribution is 5.82. The number of carbonyl (C=O) groups excluding carboxylic acids is 1. The van der Waals surface area contributed by atoms with Gasteiger partial charge in [-0.1, -0.05) is 18.6 Å². The second kappa shape index (κ2) is 9.20. The standard InChI is InChI=1S/C27H25F4N3O2/c1-27-13-17-14-32-34(20-6-4-19(28)5-7-20)23(17)12-18(27)3-8-21(27)26(36)33(10-11-35)15-16-2-9-22(29)25(31)24(16)30/h2,4-7,9,12,14,21,35H,3,8,10-11,13,15H2,1H3/t21-,27+/m1/s1. The summed E-state index contributed by atoms with van der Waals surface area (Å²) >= 11 is 0. The van der Waals surface area contributed by atoms with Crippen molar-refractivity contribution in [2.45, 2.75) is 32.7 Å². The number of aliphatic hydroxyl groups excluding tert-OH is 1. The fourth-order valence-electron chi connectivity index (χ4n) is 5.53. The van der Waals surface area contributed by atoms with Crippen LogP contribution in [-0.4, -0.2) is 38.8 Å². The van der Waals surface area contributed by atoms with E-state index in [1.54, 1.807) is 23.0 Å². The van der Waals surface area contributed by atoms with Crippen LogP contribution in [-0.2, 0) is 17.8 Å². The third kappa shape index (κ3) is 4.01. The molecular weight excluding hydrogens is 474 g/mol. The summed E-state index contributed by atoms with van der Waals surface area (Å²) in [7, 11) is 0. The lowest BCUT2D eigenvalue weighted by molar-refractivity contribution is -0.139. The van der Waals surface area contributed by atoms with Gasteiger partial charge in [0.05, 0.1) is 24.2 Å². The summed E-state index contributed by atoms with van der Waals surface area (Å²) in [5.74, 6) is -5.26. The van der Waals surface area contributed by atoms with Gasteiger partial charge in [-0.05, 0) is 61.2 Å². The summed E-state index contributed by atoms with van der Waals surface area (Å²) in [4.78, 5) is 15.0. The van der Waals surface area contributed by atoms with Gasteiger partial charge in [0.15, 0.2) is 17.5 Å². The van der Waals surface area contributed by atoms with Crippen LogP contribution in [0.15, 0.2) is 48.2 Å². The molecule has 2 atom stereocenters. The molecule has 9 heteroatoms. The molecule has 5 nitrogen and oxygen atoms in total. The zero-order chi connectivity index (χ0) is 25.6. The van der Waals surface area contributed by atoms with Crippen LogP contribution in [0.1, 0.15) is 36.6 Å². The van der Waals surface area contributed by atoms with Crippen molar-refractivity contribution in [1.82, 2.24) is 14.7 Å². The van der Waals surface area contributed by atoms with Crippen molar-refractivity contribution in [3.8, 4) is 5.69 Å². The van der Waals surface area contributed by atoms with E-state index in [0.717, 1.165) is 34.7 Å². The molecule has 1 fully saturated rings. The minimum Gasteiger partial charge on any atom is -0.395 e. The van der Waals surface area contributed by atoms with Crippen LogP contribution in [0.4, 0.5) is 17.6 Å². The summed E-state index contributed by atoms with van der Waals surface area (Å²) in [5.41, 5.74) is 2.98. The van der Waals surface area contributed by atoms with Crippen LogP contribution in [0.3, 0.4) is 0 Å². The Balaban J connectivity index is 1.42. The summed E-state index contributed by atoms with van der Waals surface area (Å²) in [6, 6.07) is 8.00. The Morgan fingerprint density at radius 1 is 1.14 bits per heavy atom. The van der Waals surface area contributed by atoms with Gasteiger partial charge in [0, 0.05) is 30.0 Å².